The van der Waals surface area contributed by atoms with Crippen molar-refractivity contribution in [2.45, 2.75) is 39.2 Å². The van der Waals surface area contributed by atoms with Crippen LogP contribution in [0.4, 0.5) is 0 Å². The van der Waals surface area contributed by atoms with Crippen molar-refractivity contribution in [2.75, 3.05) is 0 Å². The minimum absolute atomic E-state index is 0.438. The van der Waals surface area contributed by atoms with Crippen molar-refractivity contribution in [1.82, 2.24) is 4.98 Å². The molecule has 16 heavy (non-hydrogen) atoms. The summed E-state index contributed by atoms with van der Waals surface area (Å²) in [5.41, 5.74) is 8.71. The summed E-state index contributed by atoms with van der Waals surface area (Å²) in [7, 11) is 0. The molecule has 86 valence electrons. The van der Waals surface area contributed by atoms with E-state index in [1.807, 2.05) is 25.1 Å². The lowest BCUT2D eigenvalue weighted by Gasteiger charge is -2.21. The highest BCUT2D eigenvalue weighted by molar-refractivity contribution is 5.73. The van der Waals surface area contributed by atoms with Gasteiger partial charge < -0.3 is 10.2 Å². The van der Waals surface area contributed by atoms with Crippen molar-refractivity contribution in [1.29, 1.82) is 0 Å². The van der Waals surface area contributed by atoms with Crippen LogP contribution in [0.25, 0.3) is 11.1 Å². The summed E-state index contributed by atoms with van der Waals surface area (Å²) in [6.07, 6.45) is 1.66. The molecule has 0 aliphatic carbocycles. The molecule has 1 aromatic heterocycles. The Kier molecular flexibility index (Phi) is 2.72. The van der Waals surface area contributed by atoms with Gasteiger partial charge in [0.15, 0.2) is 5.58 Å². The monoisotopic (exact) mass is 218 g/mol. The first kappa shape index (κ1) is 11.1. The smallest absolute Gasteiger partial charge is 0.215 e. The molecule has 0 radical (unpaired) electrons. The van der Waals surface area contributed by atoms with E-state index in [0.29, 0.717) is 5.89 Å². The number of fused-ring (bicyclic) bond motifs is 1. The molecule has 2 N–H and O–H groups in total. The van der Waals surface area contributed by atoms with Crippen LogP contribution in [0.2, 0.25) is 0 Å². The maximum atomic E-state index is 6.26. The fraction of sp³-hybridized carbons (Fsp3) is 0.462. The number of oxazole rings is 1. The van der Waals surface area contributed by atoms with Crippen LogP contribution >= 0.6 is 0 Å². The van der Waals surface area contributed by atoms with Gasteiger partial charge in [-0.25, -0.2) is 4.98 Å². The molecule has 0 spiro atoms. The van der Waals surface area contributed by atoms with Gasteiger partial charge in [0.25, 0.3) is 0 Å². The van der Waals surface area contributed by atoms with Gasteiger partial charge in [0, 0.05) is 0 Å². The Morgan fingerprint density at radius 3 is 2.62 bits per heavy atom. The fourth-order valence-corrected chi connectivity index (χ4v) is 1.80. The Morgan fingerprint density at radius 2 is 2.00 bits per heavy atom. The van der Waals surface area contributed by atoms with E-state index in [1.54, 1.807) is 0 Å². The van der Waals surface area contributed by atoms with Crippen molar-refractivity contribution >= 4 is 11.1 Å². The van der Waals surface area contributed by atoms with E-state index in [1.165, 1.54) is 5.56 Å². The normalized spacial score (nSPS) is 12.2. The van der Waals surface area contributed by atoms with Gasteiger partial charge in [0.1, 0.15) is 5.52 Å². The first-order valence-corrected chi connectivity index (χ1v) is 5.75. The van der Waals surface area contributed by atoms with Crippen molar-refractivity contribution < 1.29 is 4.42 Å². The van der Waals surface area contributed by atoms with E-state index in [4.69, 9.17) is 10.2 Å². The number of hydrogen-bond donors (Lipinski definition) is 1. The van der Waals surface area contributed by atoms with Crippen LogP contribution in [-0.4, -0.2) is 4.98 Å². The third-order valence-corrected chi connectivity index (χ3v) is 3.23. The quantitative estimate of drug-likeness (QED) is 0.861. The highest BCUT2D eigenvalue weighted by Gasteiger charge is 2.28. The third kappa shape index (κ3) is 1.71. The Morgan fingerprint density at radius 1 is 1.31 bits per heavy atom. The molecule has 0 aliphatic rings. The molecular weight excluding hydrogens is 200 g/mol. The summed E-state index contributed by atoms with van der Waals surface area (Å²) in [5, 5.41) is 0. The van der Waals surface area contributed by atoms with E-state index in [-0.39, 0.29) is 0 Å². The Balaban J connectivity index is 2.54. The minimum atomic E-state index is -0.438. The zero-order chi connectivity index (χ0) is 11.8. The number of aryl methyl sites for hydroxylation is 1. The lowest BCUT2D eigenvalue weighted by atomic mass is 9.94. The van der Waals surface area contributed by atoms with Crippen LogP contribution in [0.5, 0.6) is 0 Å². The second-order valence-electron chi connectivity index (χ2n) is 4.35. The summed E-state index contributed by atoms with van der Waals surface area (Å²) in [4.78, 5) is 4.48. The lowest BCUT2D eigenvalue weighted by Crippen LogP contribution is -2.35. The maximum Gasteiger partial charge on any atom is 0.215 e. The SMILES string of the molecule is CCC(N)(CC)c1nc2ccc(C)cc2o1. The van der Waals surface area contributed by atoms with Crippen LogP contribution in [0.3, 0.4) is 0 Å². The summed E-state index contributed by atoms with van der Waals surface area (Å²) in [6, 6.07) is 6.01. The predicted molar refractivity (Wildman–Crippen MR) is 65.2 cm³/mol. The van der Waals surface area contributed by atoms with Crippen molar-refractivity contribution in [3.8, 4) is 0 Å². The molecule has 0 saturated carbocycles. The molecule has 0 bridgehead atoms. The van der Waals surface area contributed by atoms with Crippen molar-refractivity contribution in [3.05, 3.63) is 29.7 Å². The number of nitrogens with two attached hydrogens (primary N) is 1. The molecule has 1 aromatic carbocycles. The Labute approximate surface area is 95.7 Å². The summed E-state index contributed by atoms with van der Waals surface area (Å²) in [5.74, 6) is 0.651. The molecule has 0 amide bonds. The van der Waals surface area contributed by atoms with Gasteiger partial charge in [-0.3, -0.25) is 0 Å². The summed E-state index contributed by atoms with van der Waals surface area (Å²) < 4.78 is 5.76. The van der Waals surface area contributed by atoms with E-state index in [2.05, 4.69) is 18.8 Å². The van der Waals surface area contributed by atoms with Gasteiger partial charge in [0.05, 0.1) is 5.54 Å². The first-order valence-electron chi connectivity index (χ1n) is 5.75. The molecule has 3 nitrogen and oxygen atoms in total. The largest absolute Gasteiger partial charge is 0.439 e. The molecule has 2 rings (SSSR count). The summed E-state index contributed by atoms with van der Waals surface area (Å²) >= 11 is 0. The van der Waals surface area contributed by atoms with Crippen LogP contribution in [0, 0.1) is 6.92 Å². The van der Waals surface area contributed by atoms with Gasteiger partial charge in [-0.15, -0.1) is 0 Å². The molecule has 0 unspecified atom stereocenters. The molecule has 3 heteroatoms. The van der Waals surface area contributed by atoms with E-state index in [0.717, 1.165) is 23.9 Å². The van der Waals surface area contributed by atoms with Gasteiger partial charge in [0.2, 0.25) is 5.89 Å². The number of benzene rings is 1. The molecular formula is C13H18N2O. The standard InChI is InChI=1S/C13H18N2O/c1-4-13(14,5-2)12-15-10-7-6-9(3)8-11(10)16-12/h6-8H,4-5,14H2,1-3H3. The maximum absolute atomic E-state index is 6.26. The van der Waals surface area contributed by atoms with Crippen LogP contribution in [0.15, 0.2) is 22.6 Å². The van der Waals surface area contributed by atoms with Crippen molar-refractivity contribution in [2.24, 2.45) is 5.73 Å². The van der Waals surface area contributed by atoms with E-state index < -0.39 is 5.54 Å². The molecule has 2 aromatic rings. The first-order chi connectivity index (χ1) is 7.59. The molecule has 0 saturated heterocycles. The van der Waals surface area contributed by atoms with Crippen molar-refractivity contribution in [3.63, 3.8) is 0 Å². The topological polar surface area (TPSA) is 52.0 Å². The highest BCUT2D eigenvalue weighted by Crippen LogP contribution is 2.28. The second-order valence-corrected chi connectivity index (χ2v) is 4.35. The van der Waals surface area contributed by atoms with Gasteiger partial charge in [-0.1, -0.05) is 19.9 Å². The zero-order valence-electron chi connectivity index (χ0n) is 10.1. The van der Waals surface area contributed by atoms with Gasteiger partial charge >= 0.3 is 0 Å². The van der Waals surface area contributed by atoms with Crippen LogP contribution in [-0.2, 0) is 5.54 Å². The van der Waals surface area contributed by atoms with Crippen LogP contribution in [0.1, 0.15) is 38.1 Å². The number of rotatable bonds is 3. The fourth-order valence-electron chi connectivity index (χ4n) is 1.80. The molecule has 0 fully saturated rings. The lowest BCUT2D eigenvalue weighted by molar-refractivity contribution is 0.318. The van der Waals surface area contributed by atoms with Gasteiger partial charge in [-0.05, 0) is 37.5 Å². The molecule has 0 atom stereocenters. The molecule has 0 aliphatic heterocycles. The Hall–Kier alpha value is -1.35. The third-order valence-electron chi connectivity index (χ3n) is 3.23. The average molecular weight is 218 g/mol. The zero-order valence-corrected chi connectivity index (χ0v) is 10.1. The predicted octanol–water partition coefficient (Wildman–Crippen LogP) is 3.11. The van der Waals surface area contributed by atoms with E-state index in [9.17, 15) is 0 Å². The van der Waals surface area contributed by atoms with Crippen LogP contribution < -0.4 is 5.73 Å². The second kappa shape index (κ2) is 3.91. The van der Waals surface area contributed by atoms with E-state index >= 15 is 0 Å². The average Bonchev–Trinajstić information content (AvgIpc) is 2.71. The highest BCUT2D eigenvalue weighted by atomic mass is 16.4. The number of nitrogens with zero attached hydrogens (tertiary/aromatic N) is 1. The van der Waals surface area contributed by atoms with Gasteiger partial charge in [-0.2, -0.15) is 0 Å². The Bertz CT molecular complexity index is 498. The minimum Gasteiger partial charge on any atom is -0.439 e. The molecule has 1 heterocycles. The summed E-state index contributed by atoms with van der Waals surface area (Å²) in [6.45, 7) is 6.16. The number of hydrogen-bond acceptors (Lipinski definition) is 3. The number of aromatic nitrogens is 1.